The molecule has 1 atom stereocenters. The Morgan fingerprint density at radius 2 is 2.12 bits per heavy atom. The van der Waals surface area contributed by atoms with Crippen molar-refractivity contribution >= 4 is 17.5 Å². The largest absolute Gasteiger partial charge is 0.468 e. The Morgan fingerprint density at radius 1 is 1.38 bits per heavy atom. The molecule has 6 nitrogen and oxygen atoms in total. The molecule has 1 aromatic rings. The minimum absolute atomic E-state index is 0.00771. The Morgan fingerprint density at radius 3 is 2.71 bits per heavy atom. The number of carbonyl (C=O) groups excluding carboxylic acids is 2. The Kier molecular flexibility index (Phi) is 4.33. The third kappa shape index (κ3) is 4.15. The van der Waals surface area contributed by atoms with Gasteiger partial charge in [0.1, 0.15) is 0 Å². The fourth-order valence-electron chi connectivity index (χ4n) is 2.59. The average molecular weight is 343 g/mol. The third-order valence-corrected chi connectivity index (χ3v) is 3.90. The van der Waals surface area contributed by atoms with Crippen molar-refractivity contribution < 1.29 is 27.5 Å². The first-order chi connectivity index (χ1) is 11.3. The highest BCUT2D eigenvalue weighted by Crippen LogP contribution is 2.33. The number of nitrogens with one attached hydrogen (secondary N) is 1. The maximum Gasteiger partial charge on any atom is 0.422 e. The summed E-state index contributed by atoms with van der Waals surface area (Å²) in [5.41, 5.74) is 0.344. The molecule has 0 aromatic carbocycles. The second-order valence-corrected chi connectivity index (χ2v) is 5.96. The number of nitrogens with zero attached hydrogens (tertiary/aromatic N) is 2. The van der Waals surface area contributed by atoms with Crippen LogP contribution in [0.3, 0.4) is 0 Å². The summed E-state index contributed by atoms with van der Waals surface area (Å²) in [4.78, 5) is 29.5. The number of alkyl halides is 3. The van der Waals surface area contributed by atoms with Crippen LogP contribution >= 0.6 is 0 Å². The SMILES string of the molecule is O=C(Nc1ccc(OCC(F)(F)F)nc1)C1CC(=O)N(C2CC2)C1. The lowest BCUT2D eigenvalue weighted by Crippen LogP contribution is -2.29. The van der Waals surface area contributed by atoms with Gasteiger partial charge in [-0.1, -0.05) is 0 Å². The van der Waals surface area contributed by atoms with Gasteiger partial charge in [0.25, 0.3) is 0 Å². The minimum Gasteiger partial charge on any atom is -0.468 e. The zero-order valence-corrected chi connectivity index (χ0v) is 12.7. The van der Waals surface area contributed by atoms with E-state index < -0.39 is 18.7 Å². The van der Waals surface area contributed by atoms with E-state index in [2.05, 4.69) is 15.0 Å². The van der Waals surface area contributed by atoms with Gasteiger partial charge in [0.15, 0.2) is 6.61 Å². The van der Waals surface area contributed by atoms with Crippen LogP contribution in [-0.4, -0.2) is 47.1 Å². The summed E-state index contributed by atoms with van der Waals surface area (Å²) in [6.45, 7) is -1.01. The molecule has 130 valence electrons. The maximum atomic E-state index is 12.2. The van der Waals surface area contributed by atoms with E-state index >= 15 is 0 Å². The van der Waals surface area contributed by atoms with E-state index in [4.69, 9.17) is 0 Å². The molecule has 9 heteroatoms. The number of pyridine rings is 1. The van der Waals surface area contributed by atoms with Crippen molar-refractivity contribution in [1.29, 1.82) is 0 Å². The molecule has 2 heterocycles. The fourth-order valence-corrected chi connectivity index (χ4v) is 2.59. The number of halogens is 3. The van der Waals surface area contributed by atoms with E-state index in [1.807, 2.05) is 0 Å². The van der Waals surface area contributed by atoms with Crippen LogP contribution < -0.4 is 10.1 Å². The lowest BCUT2D eigenvalue weighted by Gasteiger charge is -2.15. The summed E-state index contributed by atoms with van der Waals surface area (Å²) in [5.74, 6) is -0.899. The van der Waals surface area contributed by atoms with Crippen LogP contribution in [-0.2, 0) is 9.59 Å². The first-order valence-electron chi connectivity index (χ1n) is 7.58. The zero-order chi connectivity index (χ0) is 17.3. The molecule has 1 saturated carbocycles. The lowest BCUT2D eigenvalue weighted by molar-refractivity contribution is -0.154. The smallest absolute Gasteiger partial charge is 0.422 e. The predicted molar refractivity (Wildman–Crippen MR) is 77.3 cm³/mol. The number of likely N-dealkylation sites (tertiary alicyclic amines) is 1. The molecule has 24 heavy (non-hydrogen) atoms. The number of rotatable bonds is 5. The molecule has 2 amide bonds. The van der Waals surface area contributed by atoms with Crippen LogP contribution in [0.4, 0.5) is 18.9 Å². The van der Waals surface area contributed by atoms with E-state index in [9.17, 15) is 22.8 Å². The lowest BCUT2D eigenvalue weighted by atomic mass is 10.1. The first kappa shape index (κ1) is 16.5. The molecule has 0 radical (unpaired) electrons. The van der Waals surface area contributed by atoms with Crippen molar-refractivity contribution in [3.8, 4) is 5.88 Å². The summed E-state index contributed by atoms with van der Waals surface area (Å²) >= 11 is 0. The normalized spacial score (nSPS) is 21.0. The highest BCUT2D eigenvalue weighted by Gasteiger charge is 2.41. The van der Waals surface area contributed by atoms with Crippen molar-refractivity contribution in [2.45, 2.75) is 31.5 Å². The second-order valence-electron chi connectivity index (χ2n) is 5.96. The second kappa shape index (κ2) is 6.29. The van der Waals surface area contributed by atoms with Crippen LogP contribution in [0.2, 0.25) is 0 Å². The quantitative estimate of drug-likeness (QED) is 0.887. The molecular formula is C15H16F3N3O3. The Bertz CT molecular complexity index is 629. The molecule has 1 aliphatic heterocycles. The number of carbonyl (C=O) groups is 2. The van der Waals surface area contributed by atoms with Crippen LogP contribution in [0.15, 0.2) is 18.3 Å². The van der Waals surface area contributed by atoms with E-state index in [1.165, 1.54) is 18.3 Å². The first-order valence-corrected chi connectivity index (χ1v) is 7.58. The molecule has 0 bridgehead atoms. The summed E-state index contributed by atoms with van der Waals surface area (Å²) < 4.78 is 40.6. The Hall–Kier alpha value is -2.32. The van der Waals surface area contributed by atoms with Gasteiger partial charge in [-0.25, -0.2) is 4.98 Å². The fraction of sp³-hybridized carbons (Fsp3) is 0.533. The zero-order valence-electron chi connectivity index (χ0n) is 12.7. The number of aromatic nitrogens is 1. The average Bonchev–Trinajstić information content (AvgIpc) is 3.28. The summed E-state index contributed by atoms with van der Waals surface area (Å²) in [5, 5.41) is 2.63. The van der Waals surface area contributed by atoms with Crippen molar-refractivity contribution in [2.75, 3.05) is 18.5 Å². The van der Waals surface area contributed by atoms with Gasteiger partial charge in [0, 0.05) is 25.1 Å². The van der Waals surface area contributed by atoms with Crippen LogP contribution in [0.5, 0.6) is 5.88 Å². The van der Waals surface area contributed by atoms with Crippen LogP contribution in [0.1, 0.15) is 19.3 Å². The van der Waals surface area contributed by atoms with Gasteiger partial charge in [-0.15, -0.1) is 0 Å². The van der Waals surface area contributed by atoms with Crippen molar-refractivity contribution in [1.82, 2.24) is 9.88 Å². The molecule has 1 aliphatic carbocycles. The molecule has 1 unspecified atom stereocenters. The van der Waals surface area contributed by atoms with Gasteiger partial charge < -0.3 is 15.0 Å². The maximum absolute atomic E-state index is 12.2. The van der Waals surface area contributed by atoms with Gasteiger partial charge in [0.2, 0.25) is 17.7 Å². The third-order valence-electron chi connectivity index (χ3n) is 3.90. The number of amides is 2. The van der Waals surface area contributed by atoms with Gasteiger partial charge in [-0.05, 0) is 18.9 Å². The highest BCUT2D eigenvalue weighted by atomic mass is 19.4. The highest BCUT2D eigenvalue weighted by molar-refractivity contribution is 5.97. The molecule has 2 fully saturated rings. The number of hydrogen-bond donors (Lipinski definition) is 1. The van der Waals surface area contributed by atoms with E-state index in [0.717, 1.165) is 12.8 Å². The number of ether oxygens (including phenoxy) is 1. The Labute approximate surface area is 136 Å². The van der Waals surface area contributed by atoms with Crippen LogP contribution in [0, 0.1) is 5.92 Å². The standard InChI is InChI=1S/C15H16F3N3O3/c16-15(17,18)8-24-12-4-1-10(6-19-12)20-14(23)9-5-13(22)21(7-9)11-2-3-11/h1,4,6,9,11H,2-3,5,7-8H2,(H,20,23). The van der Waals surface area contributed by atoms with Crippen LogP contribution in [0.25, 0.3) is 0 Å². The summed E-state index contributed by atoms with van der Waals surface area (Å²) in [6, 6.07) is 2.94. The van der Waals surface area contributed by atoms with E-state index in [1.54, 1.807) is 4.90 Å². The minimum atomic E-state index is -4.43. The summed E-state index contributed by atoms with van der Waals surface area (Å²) in [7, 11) is 0. The van der Waals surface area contributed by atoms with Crippen molar-refractivity contribution in [2.24, 2.45) is 5.92 Å². The molecule has 0 spiro atoms. The Balaban J connectivity index is 1.52. The van der Waals surface area contributed by atoms with Crippen molar-refractivity contribution in [3.63, 3.8) is 0 Å². The number of anilines is 1. The molecule has 1 aromatic heterocycles. The predicted octanol–water partition coefficient (Wildman–Crippen LogP) is 1.97. The monoisotopic (exact) mass is 343 g/mol. The molecule has 2 aliphatic rings. The molecule has 1 N–H and O–H groups in total. The van der Waals surface area contributed by atoms with Crippen molar-refractivity contribution in [3.05, 3.63) is 18.3 Å². The molecule has 1 saturated heterocycles. The molecular weight excluding hydrogens is 327 g/mol. The van der Waals surface area contributed by atoms with Gasteiger partial charge in [-0.2, -0.15) is 13.2 Å². The van der Waals surface area contributed by atoms with Gasteiger partial charge in [0.05, 0.1) is 17.8 Å². The van der Waals surface area contributed by atoms with Gasteiger partial charge in [-0.3, -0.25) is 9.59 Å². The number of hydrogen-bond acceptors (Lipinski definition) is 4. The molecule has 3 rings (SSSR count). The topological polar surface area (TPSA) is 71.5 Å². The summed E-state index contributed by atoms with van der Waals surface area (Å²) in [6.07, 6.45) is -1.05. The van der Waals surface area contributed by atoms with E-state index in [0.29, 0.717) is 12.2 Å². The van der Waals surface area contributed by atoms with Gasteiger partial charge >= 0.3 is 6.18 Å². The van der Waals surface area contributed by atoms with E-state index in [-0.39, 0.29) is 30.2 Å².